The molecule has 3 rings (SSSR count). The normalized spacial score (nSPS) is 12.0. The Labute approximate surface area is 145 Å². The lowest BCUT2D eigenvalue weighted by Crippen LogP contribution is -2.22. The van der Waals surface area contributed by atoms with Crippen LogP contribution < -0.4 is 10.1 Å². The molecule has 0 radical (unpaired) electrons. The van der Waals surface area contributed by atoms with E-state index >= 15 is 0 Å². The van der Waals surface area contributed by atoms with Gasteiger partial charge in [-0.3, -0.25) is 4.98 Å². The molecule has 5 heteroatoms. The summed E-state index contributed by atoms with van der Waals surface area (Å²) in [5, 5.41) is 3.35. The van der Waals surface area contributed by atoms with Gasteiger partial charge >= 0.3 is 0 Å². The molecule has 0 saturated heterocycles. The number of nitrogens with one attached hydrogen (secondary N) is 1. The number of pyridine rings is 1. The molecule has 1 atom stereocenters. The third-order valence-electron chi connectivity index (χ3n) is 3.88. The Kier molecular flexibility index (Phi) is 5.36. The molecule has 0 unspecified atom stereocenters. The average molecular weight is 340 g/mol. The average Bonchev–Trinajstić information content (AvgIpc) is 2.62. The molecule has 3 aromatic rings. The number of ether oxygens (including phenoxy) is 1. The van der Waals surface area contributed by atoms with Crippen molar-refractivity contribution >= 4 is 0 Å². The maximum absolute atomic E-state index is 13.4. The van der Waals surface area contributed by atoms with E-state index in [-0.39, 0.29) is 6.04 Å². The molecule has 0 fully saturated rings. The maximum Gasteiger partial charge on any atom is 0.126 e. The molecule has 0 spiro atoms. The van der Waals surface area contributed by atoms with Crippen molar-refractivity contribution < 1.29 is 13.5 Å². The van der Waals surface area contributed by atoms with E-state index in [9.17, 15) is 8.78 Å². The number of benzene rings is 2. The first-order valence-corrected chi connectivity index (χ1v) is 7.88. The molecule has 0 saturated carbocycles. The van der Waals surface area contributed by atoms with Gasteiger partial charge < -0.3 is 10.1 Å². The van der Waals surface area contributed by atoms with Crippen LogP contribution in [0.15, 0.2) is 67.0 Å². The van der Waals surface area contributed by atoms with Gasteiger partial charge in [0.2, 0.25) is 0 Å². The van der Waals surface area contributed by atoms with Crippen LogP contribution in [0.5, 0.6) is 5.75 Å². The third kappa shape index (κ3) is 4.39. The van der Waals surface area contributed by atoms with Crippen molar-refractivity contribution in [3.8, 4) is 5.75 Å². The van der Waals surface area contributed by atoms with Crippen molar-refractivity contribution in [2.75, 3.05) is 7.11 Å². The fourth-order valence-corrected chi connectivity index (χ4v) is 2.73. The number of rotatable bonds is 6. The molecule has 0 aliphatic rings. The largest absolute Gasteiger partial charge is 0.497 e. The quantitative estimate of drug-likeness (QED) is 0.728. The number of hydrogen-bond acceptors (Lipinski definition) is 3. The predicted octanol–water partition coefficient (Wildman–Crippen LogP) is 4.25. The highest BCUT2D eigenvalue weighted by Gasteiger charge is 2.15. The van der Waals surface area contributed by atoms with Crippen LogP contribution in [-0.4, -0.2) is 12.1 Å². The monoisotopic (exact) mass is 340 g/mol. The number of methoxy groups -OCH3 is 1. The van der Waals surface area contributed by atoms with Crippen molar-refractivity contribution in [3.63, 3.8) is 0 Å². The minimum atomic E-state index is -0.587. The number of aromatic nitrogens is 1. The Hall–Kier alpha value is -2.79. The Morgan fingerprint density at radius 3 is 2.44 bits per heavy atom. The zero-order valence-electron chi connectivity index (χ0n) is 13.7. The first-order valence-electron chi connectivity index (χ1n) is 7.88. The zero-order valence-corrected chi connectivity index (χ0v) is 13.7. The molecular weight excluding hydrogens is 322 g/mol. The van der Waals surface area contributed by atoms with E-state index < -0.39 is 11.6 Å². The van der Waals surface area contributed by atoms with E-state index in [1.54, 1.807) is 19.5 Å². The second kappa shape index (κ2) is 7.85. The van der Waals surface area contributed by atoms with Crippen LogP contribution in [0.1, 0.15) is 22.7 Å². The molecular formula is C20H18F2N2O. The molecule has 25 heavy (non-hydrogen) atoms. The summed E-state index contributed by atoms with van der Waals surface area (Å²) in [5.74, 6) is -0.433. The molecule has 1 N–H and O–H groups in total. The fraction of sp³-hybridized carbons (Fsp3) is 0.150. The lowest BCUT2D eigenvalue weighted by Gasteiger charge is -2.20. The van der Waals surface area contributed by atoms with Crippen LogP contribution in [0, 0.1) is 11.6 Å². The van der Waals surface area contributed by atoms with E-state index in [2.05, 4.69) is 10.3 Å². The summed E-state index contributed by atoms with van der Waals surface area (Å²) in [5.41, 5.74) is 2.46. The van der Waals surface area contributed by atoms with Crippen LogP contribution in [-0.2, 0) is 6.54 Å². The first kappa shape index (κ1) is 17.0. The summed E-state index contributed by atoms with van der Waals surface area (Å²) in [6, 6.07) is 14.8. The molecule has 1 heterocycles. The van der Waals surface area contributed by atoms with E-state index in [0.717, 1.165) is 22.9 Å². The van der Waals surface area contributed by atoms with Crippen molar-refractivity contribution in [1.29, 1.82) is 0 Å². The summed E-state index contributed by atoms with van der Waals surface area (Å²) in [4.78, 5) is 4.17. The topological polar surface area (TPSA) is 34.1 Å². The molecule has 3 nitrogen and oxygen atoms in total. The van der Waals surface area contributed by atoms with Crippen molar-refractivity contribution in [1.82, 2.24) is 10.3 Å². The highest BCUT2D eigenvalue weighted by molar-refractivity contribution is 5.36. The zero-order chi connectivity index (χ0) is 17.6. The molecule has 2 aromatic carbocycles. The second-order valence-corrected chi connectivity index (χ2v) is 5.65. The molecule has 0 aliphatic carbocycles. The Balaban J connectivity index is 1.88. The van der Waals surface area contributed by atoms with Crippen LogP contribution in [0.25, 0.3) is 0 Å². The Bertz CT molecular complexity index is 820. The Morgan fingerprint density at radius 2 is 1.76 bits per heavy atom. The minimum Gasteiger partial charge on any atom is -0.497 e. The third-order valence-corrected chi connectivity index (χ3v) is 3.88. The highest BCUT2D eigenvalue weighted by Crippen LogP contribution is 2.25. The summed E-state index contributed by atoms with van der Waals surface area (Å²) in [6.45, 7) is 0.311. The Morgan fingerprint density at radius 1 is 1.00 bits per heavy atom. The molecule has 1 aromatic heterocycles. The van der Waals surface area contributed by atoms with Crippen LogP contribution in [0.4, 0.5) is 8.78 Å². The molecule has 0 amide bonds. The van der Waals surface area contributed by atoms with Gasteiger partial charge in [-0.25, -0.2) is 8.78 Å². The van der Waals surface area contributed by atoms with E-state index in [0.29, 0.717) is 12.1 Å². The van der Waals surface area contributed by atoms with Gasteiger partial charge in [0.25, 0.3) is 0 Å². The summed E-state index contributed by atoms with van der Waals surface area (Å²) in [7, 11) is 1.61. The maximum atomic E-state index is 13.4. The van der Waals surface area contributed by atoms with E-state index in [1.807, 2.05) is 36.4 Å². The van der Waals surface area contributed by atoms with Gasteiger partial charge in [0.1, 0.15) is 17.4 Å². The van der Waals surface area contributed by atoms with Gasteiger partial charge in [0.05, 0.1) is 13.2 Å². The van der Waals surface area contributed by atoms with Gasteiger partial charge in [-0.05, 0) is 47.0 Å². The molecule has 0 aliphatic heterocycles. The number of hydrogen-bond donors (Lipinski definition) is 1. The van der Waals surface area contributed by atoms with Crippen LogP contribution in [0.2, 0.25) is 0 Å². The minimum absolute atomic E-state index is 0.185. The lowest BCUT2D eigenvalue weighted by molar-refractivity contribution is 0.413. The number of nitrogens with zero attached hydrogens (tertiary/aromatic N) is 1. The van der Waals surface area contributed by atoms with E-state index in [1.165, 1.54) is 12.1 Å². The van der Waals surface area contributed by atoms with Crippen LogP contribution >= 0.6 is 0 Å². The fourth-order valence-electron chi connectivity index (χ4n) is 2.73. The van der Waals surface area contributed by atoms with Gasteiger partial charge in [-0.2, -0.15) is 0 Å². The van der Waals surface area contributed by atoms with Gasteiger partial charge in [-0.1, -0.05) is 18.2 Å². The lowest BCUT2D eigenvalue weighted by atomic mass is 9.99. The molecule has 0 bridgehead atoms. The molecule has 128 valence electrons. The first-order chi connectivity index (χ1) is 12.2. The van der Waals surface area contributed by atoms with Crippen molar-refractivity contribution in [2.24, 2.45) is 0 Å². The van der Waals surface area contributed by atoms with Gasteiger partial charge in [-0.15, -0.1) is 0 Å². The second-order valence-electron chi connectivity index (χ2n) is 5.65. The van der Waals surface area contributed by atoms with Crippen LogP contribution in [0.3, 0.4) is 0 Å². The summed E-state index contributed by atoms with van der Waals surface area (Å²) < 4.78 is 32.1. The highest BCUT2D eigenvalue weighted by atomic mass is 19.1. The van der Waals surface area contributed by atoms with Crippen molar-refractivity contribution in [3.05, 3.63) is 95.3 Å². The SMILES string of the molecule is COc1cccc([C@H](NCc2cc(F)cc(F)c2)c2cccnc2)c1. The predicted molar refractivity (Wildman–Crippen MR) is 92.3 cm³/mol. The van der Waals surface area contributed by atoms with Gasteiger partial charge in [0, 0.05) is 25.0 Å². The summed E-state index contributed by atoms with van der Waals surface area (Å²) >= 11 is 0. The van der Waals surface area contributed by atoms with Gasteiger partial charge in [0.15, 0.2) is 0 Å². The number of halogens is 2. The van der Waals surface area contributed by atoms with Crippen molar-refractivity contribution in [2.45, 2.75) is 12.6 Å². The standard InChI is InChI=1S/C20H18F2N2O/c1-25-19-6-2-4-15(10-19)20(16-5-3-7-23-13-16)24-12-14-8-17(21)11-18(22)9-14/h2-11,13,20,24H,12H2,1H3/t20-/m0/s1. The van der Waals surface area contributed by atoms with E-state index in [4.69, 9.17) is 4.74 Å². The smallest absolute Gasteiger partial charge is 0.126 e. The summed E-state index contributed by atoms with van der Waals surface area (Å²) in [6.07, 6.45) is 3.47.